The lowest BCUT2D eigenvalue weighted by Crippen LogP contribution is -2.63. The van der Waals surface area contributed by atoms with Crippen molar-refractivity contribution in [3.05, 3.63) is 35.7 Å². The van der Waals surface area contributed by atoms with E-state index >= 15 is 0 Å². The van der Waals surface area contributed by atoms with Crippen LogP contribution in [0, 0.1) is 24.2 Å². The van der Waals surface area contributed by atoms with E-state index in [1.165, 1.54) is 6.26 Å². The number of imidazole rings is 1. The number of carbonyl (C=O) groups is 2. The number of aryl methyl sites for hydroxylation is 1. The summed E-state index contributed by atoms with van der Waals surface area (Å²) < 4.78 is 7.03. The number of hydrogen-bond donors (Lipinski definition) is 1. The van der Waals surface area contributed by atoms with Crippen LogP contribution in [0.4, 0.5) is 0 Å². The van der Waals surface area contributed by atoms with Gasteiger partial charge >= 0.3 is 0 Å². The molecule has 4 heterocycles. The largest absolute Gasteiger partial charge is 0.364 e. The lowest BCUT2D eigenvalue weighted by atomic mass is 9.84. The summed E-state index contributed by atoms with van der Waals surface area (Å²) in [5.74, 6) is 1.51. The van der Waals surface area contributed by atoms with E-state index in [-0.39, 0.29) is 34.7 Å². The molecule has 8 nitrogen and oxygen atoms in total. The molecule has 2 fully saturated rings. The average molecular weight is 397 g/mol. The molecule has 1 N–H and O–H groups in total. The Hall–Kier alpha value is -2.64. The molecule has 3 atom stereocenters. The minimum atomic E-state index is -0.258. The first-order valence-electron chi connectivity index (χ1n) is 10.2. The Balaban J connectivity index is 1.27. The Kier molecular flexibility index (Phi) is 3.76. The van der Waals surface area contributed by atoms with Crippen LogP contribution in [0.2, 0.25) is 0 Å². The van der Waals surface area contributed by atoms with E-state index in [2.05, 4.69) is 40.8 Å². The average Bonchev–Trinajstić information content (AvgIpc) is 2.94. The van der Waals surface area contributed by atoms with Gasteiger partial charge in [0.2, 0.25) is 5.91 Å². The number of nitrogens with zero attached hydrogens (tertiary/aromatic N) is 4. The maximum absolute atomic E-state index is 12.9. The number of fused-ring (bicyclic) bond motifs is 2. The Labute approximate surface area is 169 Å². The maximum atomic E-state index is 12.9. The molecule has 2 aromatic rings. The molecule has 8 heteroatoms. The number of amides is 2. The Morgan fingerprint density at radius 2 is 2.07 bits per heavy atom. The fourth-order valence-corrected chi connectivity index (χ4v) is 5.15. The van der Waals surface area contributed by atoms with E-state index in [0.717, 1.165) is 18.7 Å². The van der Waals surface area contributed by atoms with Gasteiger partial charge in [-0.3, -0.25) is 9.59 Å². The molecule has 0 bridgehead atoms. The molecule has 1 saturated carbocycles. The third-order valence-corrected chi connectivity index (χ3v) is 6.85. The number of likely N-dealkylation sites (tertiary alicyclic amines) is 1. The number of aromatic nitrogens is 3. The van der Waals surface area contributed by atoms with E-state index in [1.54, 1.807) is 13.1 Å². The van der Waals surface area contributed by atoms with Gasteiger partial charge in [0.25, 0.3) is 5.91 Å². The highest BCUT2D eigenvalue weighted by Gasteiger charge is 2.58. The molecule has 2 amide bonds. The van der Waals surface area contributed by atoms with Crippen LogP contribution >= 0.6 is 0 Å². The van der Waals surface area contributed by atoms with Crippen molar-refractivity contribution in [2.24, 2.45) is 17.3 Å². The van der Waals surface area contributed by atoms with Crippen molar-refractivity contribution < 1.29 is 14.1 Å². The first-order valence-corrected chi connectivity index (χ1v) is 10.2. The zero-order chi connectivity index (χ0) is 20.6. The lowest BCUT2D eigenvalue weighted by molar-refractivity contribution is -0.144. The quantitative estimate of drug-likeness (QED) is 0.858. The van der Waals surface area contributed by atoms with Crippen LogP contribution in [0.3, 0.4) is 0 Å². The third kappa shape index (κ3) is 2.80. The summed E-state index contributed by atoms with van der Waals surface area (Å²) in [5, 5.41) is 6.84. The van der Waals surface area contributed by atoms with Gasteiger partial charge in [-0.15, -0.1) is 0 Å². The lowest BCUT2D eigenvalue weighted by Gasteiger charge is -2.49. The molecule has 3 aliphatic rings. The smallest absolute Gasteiger partial charge is 0.274 e. The van der Waals surface area contributed by atoms with E-state index in [4.69, 9.17) is 4.52 Å². The summed E-state index contributed by atoms with van der Waals surface area (Å²) in [4.78, 5) is 31.9. The summed E-state index contributed by atoms with van der Waals surface area (Å²) in [5.41, 5.74) is 1.01. The number of rotatable bonds is 3. The number of carbonyl (C=O) groups excluding carboxylic acids is 2. The van der Waals surface area contributed by atoms with Crippen molar-refractivity contribution in [3.8, 4) is 0 Å². The molecule has 2 aromatic heterocycles. The van der Waals surface area contributed by atoms with Gasteiger partial charge in [0.1, 0.15) is 12.1 Å². The second kappa shape index (κ2) is 5.93. The van der Waals surface area contributed by atoms with Gasteiger partial charge in [0, 0.05) is 43.4 Å². The van der Waals surface area contributed by atoms with Crippen molar-refractivity contribution in [1.29, 1.82) is 0 Å². The van der Waals surface area contributed by atoms with Gasteiger partial charge in [0.15, 0.2) is 5.69 Å². The molecule has 5 rings (SSSR count). The van der Waals surface area contributed by atoms with Crippen LogP contribution in [0.25, 0.3) is 0 Å². The van der Waals surface area contributed by atoms with E-state index in [0.29, 0.717) is 30.3 Å². The fraction of sp³-hybridized carbons (Fsp3) is 0.619. The van der Waals surface area contributed by atoms with Crippen LogP contribution in [0.1, 0.15) is 61.5 Å². The highest BCUT2D eigenvalue weighted by atomic mass is 16.5. The van der Waals surface area contributed by atoms with Gasteiger partial charge in [-0.25, -0.2) is 4.98 Å². The van der Waals surface area contributed by atoms with Crippen molar-refractivity contribution in [1.82, 2.24) is 24.9 Å². The van der Waals surface area contributed by atoms with E-state index in [9.17, 15) is 9.59 Å². The first kappa shape index (κ1) is 18.4. The molecule has 1 aliphatic carbocycles. The zero-order valence-electron chi connectivity index (χ0n) is 17.3. The van der Waals surface area contributed by atoms with Gasteiger partial charge in [-0.05, 0) is 24.7 Å². The Morgan fingerprint density at radius 1 is 1.31 bits per heavy atom. The fourth-order valence-electron chi connectivity index (χ4n) is 5.15. The second-order valence-corrected chi connectivity index (χ2v) is 9.97. The second-order valence-electron chi connectivity index (χ2n) is 9.97. The Morgan fingerprint density at radius 3 is 2.69 bits per heavy atom. The van der Waals surface area contributed by atoms with Crippen molar-refractivity contribution in [3.63, 3.8) is 0 Å². The minimum absolute atomic E-state index is 0.168. The summed E-state index contributed by atoms with van der Waals surface area (Å²) in [6, 6.07) is -0.200. The van der Waals surface area contributed by atoms with Gasteiger partial charge in [-0.2, -0.15) is 0 Å². The first-order chi connectivity index (χ1) is 13.7. The summed E-state index contributed by atoms with van der Waals surface area (Å²) >= 11 is 0. The predicted molar refractivity (Wildman–Crippen MR) is 104 cm³/mol. The SMILES string of the molecule is Cc1conc1C(=O)NC1CC2(CN(C(=O)[C@@H]3C[C@H]3C(C)(C)C)C2)n2ccnc21. The van der Waals surface area contributed by atoms with Crippen molar-refractivity contribution in [2.75, 3.05) is 13.1 Å². The van der Waals surface area contributed by atoms with Crippen LogP contribution in [-0.2, 0) is 10.3 Å². The summed E-state index contributed by atoms with van der Waals surface area (Å²) in [6.07, 6.45) is 6.91. The normalized spacial score (nSPS) is 26.9. The van der Waals surface area contributed by atoms with E-state index < -0.39 is 0 Å². The number of hydrogen-bond acceptors (Lipinski definition) is 5. The van der Waals surface area contributed by atoms with E-state index in [1.807, 2.05) is 11.1 Å². The molecule has 0 aromatic carbocycles. The molecular formula is C21H27N5O3. The Bertz CT molecular complexity index is 979. The molecule has 154 valence electrons. The predicted octanol–water partition coefficient (Wildman–Crippen LogP) is 2.27. The highest BCUT2D eigenvalue weighted by molar-refractivity contribution is 5.93. The maximum Gasteiger partial charge on any atom is 0.274 e. The molecular weight excluding hydrogens is 370 g/mol. The zero-order valence-corrected chi connectivity index (χ0v) is 17.3. The molecule has 1 unspecified atom stereocenters. The monoisotopic (exact) mass is 397 g/mol. The number of nitrogens with one attached hydrogen (secondary N) is 1. The topological polar surface area (TPSA) is 93.3 Å². The van der Waals surface area contributed by atoms with Crippen LogP contribution < -0.4 is 5.32 Å². The molecule has 0 radical (unpaired) electrons. The molecule has 2 aliphatic heterocycles. The van der Waals surface area contributed by atoms with Crippen LogP contribution in [0.15, 0.2) is 23.2 Å². The van der Waals surface area contributed by atoms with Gasteiger partial charge < -0.3 is 19.3 Å². The summed E-state index contributed by atoms with van der Waals surface area (Å²) in [6.45, 7) is 9.78. The van der Waals surface area contributed by atoms with Gasteiger partial charge in [-0.1, -0.05) is 25.9 Å². The minimum Gasteiger partial charge on any atom is -0.364 e. The van der Waals surface area contributed by atoms with Crippen molar-refractivity contribution in [2.45, 2.75) is 52.1 Å². The molecule has 1 spiro atoms. The summed E-state index contributed by atoms with van der Waals surface area (Å²) in [7, 11) is 0. The highest BCUT2D eigenvalue weighted by Crippen LogP contribution is 2.53. The third-order valence-electron chi connectivity index (χ3n) is 6.85. The molecule has 1 saturated heterocycles. The standard InChI is InChI=1S/C21H27N5O3/c1-12-9-29-24-16(12)18(27)23-15-8-21(26-6-5-22-17(15)26)10-25(11-21)19(28)13-7-14(13)20(2,3)4/h5-6,9,13-15H,7-8,10-11H2,1-4H3,(H,23,27)/t13-,14-,15?/m1/s1. The van der Waals surface area contributed by atoms with Crippen LogP contribution in [-0.4, -0.2) is 44.5 Å². The van der Waals surface area contributed by atoms with Crippen LogP contribution in [0.5, 0.6) is 0 Å². The van der Waals surface area contributed by atoms with Gasteiger partial charge in [0.05, 0.1) is 11.6 Å². The van der Waals surface area contributed by atoms with Crippen molar-refractivity contribution >= 4 is 11.8 Å². The molecule has 29 heavy (non-hydrogen) atoms.